The molecule has 8 amide bonds. The Bertz CT molecular complexity index is 5460. The first-order valence-electron chi connectivity index (χ1n) is 53.4. The molecule has 8 aromatic rings. The number of nitrogens with zero attached hydrogens (tertiary/aromatic N) is 12. The fraction of sp³-hybridized carbons (Fsp3) is 0.536. The van der Waals surface area contributed by atoms with Gasteiger partial charge < -0.3 is 56.8 Å². The second-order valence-electron chi connectivity index (χ2n) is 40.0. The topological polar surface area (TPSA) is 432 Å². The summed E-state index contributed by atoms with van der Waals surface area (Å²) in [5.74, 6) is -18.9. The molecule has 17 rings (SSSR count). The van der Waals surface area contributed by atoms with Crippen LogP contribution in [0.25, 0.3) is 0 Å². The molecule has 148 heavy (non-hydrogen) atoms. The number of esters is 4. The van der Waals surface area contributed by atoms with Crippen molar-refractivity contribution in [2.45, 2.75) is 360 Å². The molecule has 0 fully saturated rings. The Morgan fingerprint density at radius 2 is 0.351 bits per heavy atom. The number of methoxy groups -OCH3 is 4. The molecule has 1 aliphatic carbocycles. The van der Waals surface area contributed by atoms with Crippen LogP contribution in [-0.2, 0) is 38.1 Å². The zero-order valence-corrected chi connectivity index (χ0v) is 86.7. The number of aromatic nitrogens is 8. The maximum atomic E-state index is 15.2. The Morgan fingerprint density at radius 1 is 0.223 bits per heavy atom. The largest absolute Gasteiger partial charge is 0.467 e. The number of carbonyl (C=O) groups excluding carboxylic acids is 12. The van der Waals surface area contributed by atoms with Gasteiger partial charge in [0.2, 0.25) is 0 Å². The fourth-order valence-corrected chi connectivity index (χ4v) is 21.8. The smallest absolute Gasteiger partial charge is 0.328 e. The molecule has 0 saturated carbocycles. The first-order chi connectivity index (χ1) is 71.8. The molecule has 36 heteroatoms. The van der Waals surface area contributed by atoms with E-state index < -0.39 is 212 Å². The Hall–Kier alpha value is -14.0. The van der Waals surface area contributed by atoms with Crippen LogP contribution in [0.3, 0.4) is 0 Å². The number of amides is 8. The van der Waals surface area contributed by atoms with Gasteiger partial charge in [0.15, 0.2) is 45.6 Å². The van der Waals surface area contributed by atoms with E-state index >= 15 is 38.4 Å². The van der Waals surface area contributed by atoms with Crippen molar-refractivity contribution in [1.29, 1.82) is 0 Å². The molecule has 0 N–H and O–H groups in total. The lowest BCUT2D eigenvalue weighted by atomic mass is 9.76. The van der Waals surface area contributed by atoms with Gasteiger partial charge in [-0.15, -0.1) is 0 Å². The van der Waals surface area contributed by atoms with E-state index in [1.807, 2.05) is 24.3 Å². The van der Waals surface area contributed by atoms with E-state index in [0.29, 0.717) is 115 Å². The highest BCUT2D eigenvalue weighted by atomic mass is 16.6. The summed E-state index contributed by atoms with van der Waals surface area (Å²) in [4.78, 5) is 218. The molecule has 0 saturated heterocycles. The number of rotatable bonds is 48. The summed E-state index contributed by atoms with van der Waals surface area (Å²) in [6, 6.07) is 8.69. The van der Waals surface area contributed by atoms with Crippen molar-refractivity contribution < 1.29 is 114 Å². The van der Waals surface area contributed by atoms with Crippen LogP contribution in [0, 0.1) is 0 Å². The molecule has 12 heterocycles. The lowest BCUT2D eigenvalue weighted by Crippen LogP contribution is -2.43. The third-order valence-corrected chi connectivity index (χ3v) is 30.0. The summed E-state index contributed by atoms with van der Waals surface area (Å²) in [5.41, 5.74) is -0.234. The maximum Gasteiger partial charge on any atom is 0.328 e. The molecular weight excluding hydrogens is 1900 g/mol. The highest BCUT2D eigenvalue weighted by Gasteiger charge is 2.52. The highest BCUT2D eigenvalue weighted by molar-refractivity contribution is 6.23. The van der Waals surface area contributed by atoms with Gasteiger partial charge in [-0.05, 0) is 77.6 Å². The minimum atomic E-state index is -1.50. The number of ether oxygens (including phenoxy) is 12. The minimum Gasteiger partial charge on any atom is -0.467 e. The predicted octanol–water partition coefficient (Wildman–Crippen LogP) is 23.6. The molecular formula is C112H132N12O24. The number of benzene rings is 4. The lowest BCUT2D eigenvalue weighted by molar-refractivity contribution is -0.145. The van der Waals surface area contributed by atoms with Crippen molar-refractivity contribution in [2.75, 3.05) is 28.4 Å². The SMILES string of the molecule is CCCCCCCCCCCC1c2cc3c4cc2Oc2nc5c(nc2Oc2cc6c(cc21)C(CCCCCCCCCCC)c1cc2c(cc1Oc1nc7c(nc1O6)C(=O)N([C@@H](C)C(=O)OC)C7=O)Oc1nc6c(nc1Oc1cc(c(cc1C2CCCCCCCCCCC)C3CCCCCCCCCCC)Oc1nc2c(nc1O4)C(=O)N([C@@H](C)C(=O)OC)C2=O)C(=O)N([C@@H](C)C(=O)OC)C6=O)C(=O)N([C@@H](C)C(=O)OC)C5=O. The molecule has 8 aliphatic heterocycles. The summed E-state index contributed by atoms with van der Waals surface area (Å²) in [6.45, 7) is 14.1. The molecule has 4 aromatic heterocycles. The van der Waals surface area contributed by atoms with Crippen molar-refractivity contribution in [2.24, 2.45) is 0 Å². The molecule has 4 aromatic carbocycles. The van der Waals surface area contributed by atoms with Crippen molar-refractivity contribution in [3.63, 3.8) is 0 Å². The Morgan fingerprint density at radius 3 is 0.480 bits per heavy atom. The van der Waals surface area contributed by atoms with Gasteiger partial charge in [-0.3, -0.25) is 58.0 Å². The third kappa shape index (κ3) is 21.3. The van der Waals surface area contributed by atoms with Gasteiger partial charge in [0.25, 0.3) is 94.3 Å². The minimum absolute atomic E-state index is 0.0273. The van der Waals surface area contributed by atoms with Crippen LogP contribution >= 0.6 is 0 Å². The molecule has 8 bridgehead atoms. The van der Waals surface area contributed by atoms with Gasteiger partial charge in [-0.2, -0.15) is 0 Å². The molecule has 0 radical (unpaired) electrons. The zero-order valence-electron chi connectivity index (χ0n) is 86.7. The van der Waals surface area contributed by atoms with E-state index in [-0.39, 0.29) is 46.0 Å². The van der Waals surface area contributed by atoms with E-state index in [4.69, 9.17) is 96.7 Å². The standard InChI is InChI=1S/C112H132N12O24/c1-13-17-21-25-29-33-37-41-45-49-65-69-53-71-66(50-46-42-38-34-30-26-22-18-14-2)73-55-75-68(52-48-44-40-36-32-28-24-20-16-4)76-56-74-67(51-47-43-39-35-31-27-23-19-15-3)72-54-70(65)78-58-80(72)144-96-98(118-90-88(116-96)104(128)123(106(90)130)63(7)111(135)139-11)146-82(74)60-84(76)148-100-99(119-91-92(120-100)108(132)124(107(91)131)64(8)112(136)140-12)147-83(75)59-81(73)145-97-95(115-87-89(117-97)105(129)122(103(87)127)62(6)110(134)138-10)143-79(71)57-77(69)141-93-94(142-78)114-86-85(113-93)101(125)121(102(86)126)61(5)109(133)137-9/h53-68H,13-52H2,1-12H3/t61-,62-,63-,64-,65?,66?,67?,68?/m0/s1. The lowest BCUT2D eigenvalue weighted by Gasteiger charge is -2.30. The van der Waals surface area contributed by atoms with Crippen LogP contribution in [0.1, 0.15) is 464 Å². The van der Waals surface area contributed by atoms with E-state index in [9.17, 15) is 19.2 Å². The van der Waals surface area contributed by atoms with Crippen molar-refractivity contribution in [3.8, 4) is 93.0 Å². The number of imide groups is 4. The average molecular weight is 2030 g/mol. The van der Waals surface area contributed by atoms with Gasteiger partial charge in [0.05, 0.1) is 28.4 Å². The van der Waals surface area contributed by atoms with Crippen LogP contribution < -0.4 is 37.9 Å². The molecule has 9 aliphatic rings. The number of fused-ring (bicyclic) bond motifs is 8. The molecule has 0 spiro atoms. The molecule has 784 valence electrons. The van der Waals surface area contributed by atoms with Crippen LogP contribution in [0.2, 0.25) is 0 Å². The number of hydrogen-bond acceptors (Lipinski definition) is 32. The second kappa shape index (κ2) is 47.0. The van der Waals surface area contributed by atoms with Crippen molar-refractivity contribution >= 4 is 71.1 Å². The van der Waals surface area contributed by atoms with Crippen LogP contribution in [0.5, 0.6) is 93.0 Å². The van der Waals surface area contributed by atoms with E-state index in [2.05, 4.69) is 27.7 Å². The Labute approximate surface area is 860 Å². The number of unbranched alkanes of at least 4 members (excludes halogenated alkanes) is 32. The fourth-order valence-electron chi connectivity index (χ4n) is 21.8. The normalized spacial score (nSPS) is 17.3. The van der Waals surface area contributed by atoms with Gasteiger partial charge in [0.1, 0.15) is 70.2 Å². The van der Waals surface area contributed by atoms with Crippen molar-refractivity contribution in [3.05, 3.63) is 139 Å². The quantitative estimate of drug-likeness (QED) is 0.0148. The summed E-state index contributed by atoms with van der Waals surface area (Å²) in [7, 11) is 4.49. The number of carbonyl (C=O) groups is 12. The van der Waals surface area contributed by atoms with Crippen LogP contribution in [0.15, 0.2) is 48.5 Å². The molecule has 0 unspecified atom stereocenters. The van der Waals surface area contributed by atoms with E-state index in [1.165, 1.54) is 27.7 Å². The highest BCUT2D eigenvalue weighted by Crippen LogP contribution is 2.60. The maximum absolute atomic E-state index is 15.2. The van der Waals surface area contributed by atoms with Gasteiger partial charge in [-0.25, -0.2) is 59.0 Å². The summed E-state index contributed by atoms with van der Waals surface area (Å²) in [5, 5.41) is 0. The van der Waals surface area contributed by atoms with E-state index in [0.717, 1.165) is 234 Å². The van der Waals surface area contributed by atoms with Crippen LogP contribution in [0.4, 0.5) is 0 Å². The average Bonchev–Trinajstić information content (AvgIpc) is 1.61. The molecule has 4 atom stereocenters. The summed E-state index contributed by atoms with van der Waals surface area (Å²) in [6.07, 6.45) is 35.4. The third-order valence-electron chi connectivity index (χ3n) is 30.0. The first-order valence-corrected chi connectivity index (χ1v) is 53.4. The monoisotopic (exact) mass is 2030 g/mol. The summed E-state index contributed by atoms with van der Waals surface area (Å²) < 4.78 is 80.2. The van der Waals surface area contributed by atoms with Gasteiger partial charge in [0, 0.05) is 92.4 Å². The van der Waals surface area contributed by atoms with Crippen LogP contribution in [-0.4, -0.2) is 183 Å². The summed E-state index contributed by atoms with van der Waals surface area (Å²) >= 11 is 0. The van der Waals surface area contributed by atoms with Crippen molar-refractivity contribution in [1.82, 2.24) is 59.5 Å². The second-order valence-corrected chi connectivity index (χ2v) is 40.0. The Kier molecular flexibility index (Phi) is 33.5. The Balaban J connectivity index is 1.01. The zero-order chi connectivity index (χ0) is 104. The van der Waals surface area contributed by atoms with E-state index in [1.54, 1.807) is 24.3 Å². The first kappa shape index (κ1) is 105. The number of hydrogen-bond donors (Lipinski definition) is 0. The van der Waals surface area contributed by atoms with Gasteiger partial charge in [-0.1, -0.05) is 259 Å². The predicted molar refractivity (Wildman–Crippen MR) is 537 cm³/mol. The van der Waals surface area contributed by atoms with Gasteiger partial charge >= 0.3 is 23.9 Å². The molecule has 36 nitrogen and oxygen atoms in total.